The van der Waals surface area contributed by atoms with E-state index in [4.69, 9.17) is 0 Å². The summed E-state index contributed by atoms with van der Waals surface area (Å²) in [6, 6.07) is 13.0. The van der Waals surface area contributed by atoms with Gasteiger partial charge in [-0.15, -0.1) is 0 Å². The van der Waals surface area contributed by atoms with Gasteiger partial charge in [0.1, 0.15) is 0 Å². The van der Waals surface area contributed by atoms with Crippen LogP contribution in [0, 0.1) is 0 Å². The fourth-order valence-corrected chi connectivity index (χ4v) is 3.07. The normalized spacial score (nSPS) is 11.4. The van der Waals surface area contributed by atoms with Crippen molar-refractivity contribution in [2.24, 2.45) is 19.2 Å². The smallest absolute Gasteiger partial charge is 0.306 e. The van der Waals surface area contributed by atoms with Gasteiger partial charge in [-0.2, -0.15) is 10.1 Å². The third kappa shape index (κ3) is 3.45. The molecule has 0 spiro atoms. The highest BCUT2D eigenvalue weighted by Crippen LogP contribution is 2.13. The number of anilines is 1. The fourth-order valence-electron chi connectivity index (χ4n) is 3.07. The number of imidazole rings is 1. The molecule has 0 saturated heterocycles. The zero-order chi connectivity index (χ0) is 20.4. The fraction of sp³-hybridized carbons (Fsp3) is 0.150. The molecule has 1 aromatic carbocycles. The monoisotopic (exact) mass is 389 g/mol. The second-order valence-electron chi connectivity index (χ2n) is 6.54. The van der Waals surface area contributed by atoms with Gasteiger partial charge in [0, 0.05) is 32.1 Å². The molecule has 9 nitrogen and oxygen atoms in total. The van der Waals surface area contributed by atoms with E-state index in [0.717, 1.165) is 11.1 Å². The third-order valence-electron chi connectivity index (χ3n) is 4.61. The molecule has 9 heteroatoms. The molecule has 4 rings (SSSR count). The Morgan fingerprint density at radius 1 is 1.07 bits per heavy atom. The van der Waals surface area contributed by atoms with Crippen LogP contribution >= 0.6 is 0 Å². The van der Waals surface area contributed by atoms with Crippen molar-refractivity contribution in [3.63, 3.8) is 0 Å². The minimum Gasteiger partial charge on any atom is -0.306 e. The van der Waals surface area contributed by atoms with Crippen LogP contribution in [-0.2, 0) is 20.6 Å². The molecule has 146 valence electrons. The van der Waals surface area contributed by atoms with Gasteiger partial charge >= 0.3 is 5.69 Å². The van der Waals surface area contributed by atoms with E-state index >= 15 is 0 Å². The van der Waals surface area contributed by atoms with Crippen molar-refractivity contribution >= 4 is 23.3 Å². The maximum absolute atomic E-state index is 13.0. The van der Waals surface area contributed by atoms with Crippen molar-refractivity contribution < 1.29 is 0 Å². The lowest BCUT2D eigenvalue weighted by Crippen LogP contribution is -2.39. The summed E-state index contributed by atoms with van der Waals surface area (Å²) in [6.07, 6.45) is 4.95. The van der Waals surface area contributed by atoms with Gasteiger partial charge in [-0.3, -0.25) is 18.9 Å². The van der Waals surface area contributed by atoms with Crippen LogP contribution in [0.25, 0.3) is 11.2 Å². The lowest BCUT2D eigenvalue weighted by Gasteiger charge is -2.08. The molecule has 0 aliphatic rings. The summed E-state index contributed by atoms with van der Waals surface area (Å²) in [7, 11) is 3.30. The van der Waals surface area contributed by atoms with E-state index in [1.807, 2.05) is 36.4 Å². The number of benzene rings is 1. The molecule has 0 aliphatic carbocycles. The summed E-state index contributed by atoms with van der Waals surface area (Å²) in [5.41, 5.74) is 4.31. The van der Waals surface area contributed by atoms with Crippen LogP contribution in [0.2, 0.25) is 0 Å². The standard InChI is InChI=1S/C20H19N7O2/c1-25-16-17(23-19(25)24-22-12-15-9-6-10-21-11-15)26(2)20(29)27(18(16)28)13-14-7-4-3-5-8-14/h3-12H,13H2,1-2H3,(H,23,24). The highest BCUT2D eigenvalue weighted by Gasteiger charge is 2.18. The van der Waals surface area contributed by atoms with Gasteiger partial charge in [0.05, 0.1) is 12.8 Å². The first-order valence-corrected chi connectivity index (χ1v) is 8.95. The van der Waals surface area contributed by atoms with E-state index in [-0.39, 0.29) is 6.54 Å². The van der Waals surface area contributed by atoms with Crippen LogP contribution in [0.5, 0.6) is 0 Å². The SMILES string of the molecule is Cn1c(NN=Cc2cccnc2)nc2c1c(=O)n(Cc1ccccc1)c(=O)n2C. The number of hydrogen-bond donors (Lipinski definition) is 1. The third-order valence-corrected chi connectivity index (χ3v) is 4.61. The molecule has 3 aromatic heterocycles. The highest BCUT2D eigenvalue weighted by molar-refractivity contribution is 5.80. The van der Waals surface area contributed by atoms with E-state index in [2.05, 4.69) is 20.5 Å². The average molecular weight is 389 g/mol. The number of hydrogen-bond acceptors (Lipinski definition) is 6. The molecule has 0 fully saturated rings. The van der Waals surface area contributed by atoms with E-state index in [1.165, 1.54) is 9.13 Å². The molecule has 0 aliphatic heterocycles. The molecule has 1 N–H and O–H groups in total. The highest BCUT2D eigenvalue weighted by atomic mass is 16.2. The number of aromatic nitrogens is 5. The number of rotatable bonds is 5. The lowest BCUT2D eigenvalue weighted by atomic mass is 10.2. The Hall–Kier alpha value is -4.01. The van der Waals surface area contributed by atoms with Gasteiger partial charge in [0.15, 0.2) is 11.2 Å². The first kappa shape index (κ1) is 18.4. The zero-order valence-electron chi connectivity index (χ0n) is 16.0. The van der Waals surface area contributed by atoms with Gasteiger partial charge in [-0.05, 0) is 11.6 Å². The molecule has 0 amide bonds. The molecule has 0 bridgehead atoms. The largest absolute Gasteiger partial charge is 0.332 e. The van der Waals surface area contributed by atoms with E-state index < -0.39 is 11.2 Å². The van der Waals surface area contributed by atoms with Crippen LogP contribution < -0.4 is 16.7 Å². The Labute approximate surface area is 165 Å². The minimum absolute atomic E-state index is 0.190. The maximum Gasteiger partial charge on any atom is 0.332 e. The Morgan fingerprint density at radius 3 is 2.59 bits per heavy atom. The second kappa shape index (κ2) is 7.55. The quantitative estimate of drug-likeness (QED) is 0.410. The number of nitrogens with one attached hydrogen (secondary N) is 1. The van der Waals surface area contributed by atoms with Crippen molar-refractivity contribution in [1.82, 2.24) is 23.7 Å². The Morgan fingerprint density at radius 2 is 1.86 bits per heavy atom. The van der Waals surface area contributed by atoms with E-state index in [0.29, 0.717) is 17.1 Å². The van der Waals surface area contributed by atoms with Crippen molar-refractivity contribution in [3.05, 3.63) is 86.8 Å². The summed E-state index contributed by atoms with van der Waals surface area (Å²) in [6.45, 7) is 0.190. The molecule has 4 aromatic rings. The molecule has 0 unspecified atom stereocenters. The first-order chi connectivity index (χ1) is 14.1. The second-order valence-corrected chi connectivity index (χ2v) is 6.54. The summed E-state index contributed by atoms with van der Waals surface area (Å²) in [5, 5.41) is 4.15. The zero-order valence-corrected chi connectivity index (χ0v) is 16.0. The van der Waals surface area contributed by atoms with E-state index in [1.54, 1.807) is 43.3 Å². The van der Waals surface area contributed by atoms with Crippen molar-refractivity contribution in [2.45, 2.75) is 6.54 Å². The van der Waals surface area contributed by atoms with Gasteiger partial charge in [-0.25, -0.2) is 10.2 Å². The molecule has 0 saturated carbocycles. The Kier molecular flexibility index (Phi) is 4.78. The van der Waals surface area contributed by atoms with Crippen LogP contribution in [0.4, 0.5) is 5.95 Å². The molecule has 3 heterocycles. The predicted molar refractivity (Wildman–Crippen MR) is 111 cm³/mol. The van der Waals surface area contributed by atoms with Gasteiger partial charge in [-0.1, -0.05) is 36.4 Å². The van der Waals surface area contributed by atoms with Crippen LogP contribution in [0.15, 0.2) is 69.5 Å². The van der Waals surface area contributed by atoms with Gasteiger partial charge in [0.2, 0.25) is 5.95 Å². The van der Waals surface area contributed by atoms with Crippen molar-refractivity contribution in [2.75, 3.05) is 5.43 Å². The maximum atomic E-state index is 13.0. The molecule has 0 atom stereocenters. The molecule has 0 radical (unpaired) electrons. The Bertz CT molecular complexity index is 1300. The van der Waals surface area contributed by atoms with Crippen molar-refractivity contribution in [3.8, 4) is 0 Å². The summed E-state index contributed by atoms with van der Waals surface area (Å²) < 4.78 is 4.18. The van der Waals surface area contributed by atoms with Gasteiger partial charge < -0.3 is 4.57 Å². The lowest BCUT2D eigenvalue weighted by molar-refractivity contribution is 0.655. The summed E-state index contributed by atoms with van der Waals surface area (Å²) in [5.74, 6) is 0.352. The van der Waals surface area contributed by atoms with Crippen LogP contribution in [0.1, 0.15) is 11.1 Å². The van der Waals surface area contributed by atoms with Crippen LogP contribution in [-0.4, -0.2) is 29.9 Å². The number of hydrazone groups is 1. The summed E-state index contributed by atoms with van der Waals surface area (Å²) in [4.78, 5) is 34.2. The average Bonchev–Trinajstić information content (AvgIpc) is 3.08. The number of pyridine rings is 1. The molecular weight excluding hydrogens is 370 g/mol. The van der Waals surface area contributed by atoms with Crippen molar-refractivity contribution in [1.29, 1.82) is 0 Å². The van der Waals surface area contributed by atoms with Crippen LogP contribution in [0.3, 0.4) is 0 Å². The Balaban J connectivity index is 1.74. The molecule has 29 heavy (non-hydrogen) atoms. The topological polar surface area (TPSA) is 99.1 Å². The summed E-state index contributed by atoms with van der Waals surface area (Å²) >= 11 is 0. The number of nitrogens with zero attached hydrogens (tertiary/aromatic N) is 6. The molecular formula is C20H19N7O2. The minimum atomic E-state index is -0.421. The van der Waals surface area contributed by atoms with E-state index in [9.17, 15) is 9.59 Å². The number of fused-ring (bicyclic) bond motifs is 1. The van der Waals surface area contributed by atoms with Gasteiger partial charge in [0.25, 0.3) is 5.56 Å². The predicted octanol–water partition coefficient (Wildman–Crippen LogP) is 1.32. The first-order valence-electron chi connectivity index (χ1n) is 8.95. The number of aryl methyl sites for hydroxylation is 2.